The van der Waals surface area contributed by atoms with Gasteiger partial charge in [0, 0.05) is 11.1 Å². The summed E-state index contributed by atoms with van der Waals surface area (Å²) in [7, 11) is 0. The highest BCUT2D eigenvalue weighted by atomic mass is 16.5. The van der Waals surface area contributed by atoms with Crippen LogP contribution in [0.2, 0.25) is 0 Å². The number of benzene rings is 3. The second-order valence-corrected chi connectivity index (χ2v) is 6.86. The van der Waals surface area contributed by atoms with Gasteiger partial charge in [-0.25, -0.2) is 4.79 Å². The minimum absolute atomic E-state index is 0.268. The zero-order valence-corrected chi connectivity index (χ0v) is 16.8. The van der Waals surface area contributed by atoms with Crippen molar-refractivity contribution in [2.75, 3.05) is 6.61 Å². The SMILES string of the molecule is CCOc1ccccc1C(=O)O[C@H](C(=O)c1ccc(C)cc1)c1ccc(C)cc1. The van der Waals surface area contributed by atoms with E-state index in [9.17, 15) is 9.59 Å². The molecule has 0 saturated heterocycles. The van der Waals surface area contributed by atoms with E-state index >= 15 is 0 Å². The van der Waals surface area contributed by atoms with Crippen LogP contribution >= 0.6 is 0 Å². The maximum Gasteiger partial charge on any atom is 0.342 e. The lowest BCUT2D eigenvalue weighted by molar-refractivity contribution is 0.0276. The lowest BCUT2D eigenvalue weighted by Crippen LogP contribution is -2.21. The zero-order chi connectivity index (χ0) is 20.8. The number of aryl methyl sites for hydroxylation is 2. The number of ketones is 1. The van der Waals surface area contributed by atoms with Gasteiger partial charge in [-0.1, -0.05) is 71.8 Å². The highest BCUT2D eigenvalue weighted by Crippen LogP contribution is 2.27. The van der Waals surface area contributed by atoms with Crippen molar-refractivity contribution in [2.45, 2.75) is 26.9 Å². The molecule has 3 aromatic carbocycles. The highest BCUT2D eigenvalue weighted by molar-refractivity contribution is 6.02. The predicted molar refractivity (Wildman–Crippen MR) is 112 cm³/mol. The van der Waals surface area contributed by atoms with E-state index in [0.29, 0.717) is 29.0 Å². The molecule has 0 unspecified atom stereocenters. The number of Topliss-reactive ketones (excluding diaryl/α,β-unsaturated/α-hetero) is 1. The van der Waals surface area contributed by atoms with Gasteiger partial charge in [0.15, 0.2) is 6.10 Å². The van der Waals surface area contributed by atoms with Crippen LogP contribution in [0.4, 0.5) is 0 Å². The van der Waals surface area contributed by atoms with Crippen molar-refractivity contribution in [3.05, 3.63) is 101 Å². The van der Waals surface area contributed by atoms with E-state index in [1.165, 1.54) is 0 Å². The van der Waals surface area contributed by atoms with Crippen molar-refractivity contribution < 1.29 is 19.1 Å². The van der Waals surface area contributed by atoms with Crippen LogP contribution in [0.25, 0.3) is 0 Å². The van der Waals surface area contributed by atoms with Crippen LogP contribution in [0.1, 0.15) is 50.4 Å². The Morgan fingerprint density at radius 2 is 1.41 bits per heavy atom. The van der Waals surface area contributed by atoms with Crippen LogP contribution in [0.5, 0.6) is 5.75 Å². The molecule has 0 aliphatic heterocycles. The second kappa shape index (κ2) is 9.20. The van der Waals surface area contributed by atoms with E-state index in [-0.39, 0.29) is 5.78 Å². The number of para-hydroxylation sites is 1. The van der Waals surface area contributed by atoms with Crippen LogP contribution in [0, 0.1) is 13.8 Å². The lowest BCUT2D eigenvalue weighted by Gasteiger charge is -2.19. The first kappa shape index (κ1) is 20.3. The quantitative estimate of drug-likeness (QED) is 0.397. The van der Waals surface area contributed by atoms with Gasteiger partial charge in [-0.05, 0) is 32.9 Å². The second-order valence-electron chi connectivity index (χ2n) is 6.86. The summed E-state index contributed by atoms with van der Waals surface area (Å²) in [4.78, 5) is 26.1. The summed E-state index contributed by atoms with van der Waals surface area (Å²) in [6, 6.07) is 21.5. The Kier molecular flexibility index (Phi) is 6.45. The molecule has 0 radical (unpaired) electrons. The topological polar surface area (TPSA) is 52.6 Å². The van der Waals surface area contributed by atoms with Gasteiger partial charge in [-0.3, -0.25) is 4.79 Å². The van der Waals surface area contributed by atoms with Crippen LogP contribution in [0.3, 0.4) is 0 Å². The minimum Gasteiger partial charge on any atom is -0.493 e. The van der Waals surface area contributed by atoms with Crippen molar-refractivity contribution in [1.29, 1.82) is 0 Å². The van der Waals surface area contributed by atoms with Gasteiger partial charge in [0.25, 0.3) is 0 Å². The van der Waals surface area contributed by atoms with Crippen LogP contribution < -0.4 is 4.74 Å². The first-order valence-electron chi connectivity index (χ1n) is 9.60. The van der Waals surface area contributed by atoms with Gasteiger partial charge < -0.3 is 9.47 Å². The molecule has 0 heterocycles. The molecule has 0 aliphatic carbocycles. The molecule has 0 N–H and O–H groups in total. The Hall–Kier alpha value is -3.40. The summed E-state index contributed by atoms with van der Waals surface area (Å²) >= 11 is 0. The molecule has 4 nitrogen and oxygen atoms in total. The summed E-state index contributed by atoms with van der Waals surface area (Å²) in [5.74, 6) is -0.429. The van der Waals surface area contributed by atoms with E-state index in [2.05, 4.69) is 0 Å². The highest BCUT2D eigenvalue weighted by Gasteiger charge is 2.28. The first-order chi connectivity index (χ1) is 14.0. The fraction of sp³-hybridized carbons (Fsp3) is 0.200. The molecule has 0 amide bonds. The molecular formula is C25H24O4. The van der Waals surface area contributed by atoms with Gasteiger partial charge in [0.2, 0.25) is 5.78 Å². The van der Waals surface area contributed by atoms with Gasteiger partial charge >= 0.3 is 5.97 Å². The minimum atomic E-state index is -1.04. The Balaban J connectivity index is 1.95. The molecule has 0 aliphatic rings. The average Bonchev–Trinajstić information content (AvgIpc) is 2.73. The number of carbonyl (C=O) groups is 2. The summed E-state index contributed by atoms with van der Waals surface area (Å²) in [5, 5.41) is 0. The Morgan fingerprint density at radius 1 is 0.828 bits per heavy atom. The Labute approximate surface area is 171 Å². The largest absolute Gasteiger partial charge is 0.493 e. The third-order valence-corrected chi connectivity index (χ3v) is 4.59. The summed E-state index contributed by atoms with van der Waals surface area (Å²) in [6.07, 6.45) is -1.04. The molecule has 0 saturated carbocycles. The normalized spacial score (nSPS) is 11.6. The maximum absolute atomic E-state index is 13.2. The van der Waals surface area contributed by atoms with E-state index in [0.717, 1.165) is 11.1 Å². The fourth-order valence-electron chi connectivity index (χ4n) is 2.97. The molecule has 4 heteroatoms. The Bertz CT molecular complexity index is 988. The lowest BCUT2D eigenvalue weighted by atomic mass is 9.98. The van der Waals surface area contributed by atoms with E-state index < -0.39 is 12.1 Å². The number of esters is 1. The Morgan fingerprint density at radius 3 is 2.03 bits per heavy atom. The number of hydrogen-bond donors (Lipinski definition) is 0. The van der Waals surface area contributed by atoms with E-state index in [1.54, 1.807) is 36.4 Å². The van der Waals surface area contributed by atoms with Crippen molar-refractivity contribution in [3.8, 4) is 5.75 Å². The van der Waals surface area contributed by atoms with Gasteiger partial charge in [0.1, 0.15) is 11.3 Å². The number of rotatable bonds is 7. The average molecular weight is 388 g/mol. The van der Waals surface area contributed by atoms with Crippen LogP contribution in [-0.2, 0) is 4.74 Å². The monoisotopic (exact) mass is 388 g/mol. The fourth-order valence-corrected chi connectivity index (χ4v) is 2.97. The van der Waals surface area contributed by atoms with Crippen molar-refractivity contribution in [1.82, 2.24) is 0 Å². The molecule has 0 spiro atoms. The van der Waals surface area contributed by atoms with Gasteiger partial charge in [0.05, 0.1) is 6.61 Å². The zero-order valence-electron chi connectivity index (χ0n) is 16.8. The number of hydrogen-bond acceptors (Lipinski definition) is 4. The third kappa shape index (κ3) is 4.91. The summed E-state index contributed by atoms with van der Waals surface area (Å²) in [6.45, 7) is 6.19. The van der Waals surface area contributed by atoms with Gasteiger partial charge in [-0.2, -0.15) is 0 Å². The van der Waals surface area contributed by atoms with Crippen LogP contribution in [0.15, 0.2) is 72.8 Å². The van der Waals surface area contributed by atoms with Crippen molar-refractivity contribution in [3.63, 3.8) is 0 Å². The number of carbonyl (C=O) groups excluding carboxylic acids is 2. The summed E-state index contributed by atoms with van der Waals surface area (Å²) in [5.41, 5.74) is 3.53. The van der Waals surface area contributed by atoms with Crippen molar-refractivity contribution in [2.24, 2.45) is 0 Å². The van der Waals surface area contributed by atoms with Crippen molar-refractivity contribution >= 4 is 11.8 Å². The molecule has 148 valence electrons. The summed E-state index contributed by atoms with van der Waals surface area (Å²) < 4.78 is 11.3. The predicted octanol–water partition coefficient (Wildman–Crippen LogP) is 5.48. The molecule has 29 heavy (non-hydrogen) atoms. The van der Waals surface area contributed by atoms with Gasteiger partial charge in [-0.15, -0.1) is 0 Å². The van der Waals surface area contributed by atoms with E-state index in [1.807, 2.05) is 57.2 Å². The molecule has 1 atom stereocenters. The standard InChI is InChI=1S/C25H24O4/c1-4-28-22-8-6-5-7-21(22)25(27)29-24(20-15-11-18(3)12-16-20)23(26)19-13-9-17(2)10-14-19/h5-16,24H,4H2,1-3H3/t24-/m0/s1. The first-order valence-corrected chi connectivity index (χ1v) is 9.60. The molecule has 0 aromatic heterocycles. The van der Waals surface area contributed by atoms with E-state index in [4.69, 9.17) is 9.47 Å². The molecule has 3 rings (SSSR count). The molecular weight excluding hydrogens is 364 g/mol. The molecule has 0 fully saturated rings. The molecule has 0 bridgehead atoms. The third-order valence-electron chi connectivity index (χ3n) is 4.59. The molecule has 3 aromatic rings. The van der Waals surface area contributed by atoms with Crippen LogP contribution in [-0.4, -0.2) is 18.4 Å². The smallest absolute Gasteiger partial charge is 0.342 e. The number of ether oxygens (including phenoxy) is 2. The maximum atomic E-state index is 13.2.